The molecule has 1 aliphatic rings. The van der Waals surface area contributed by atoms with Crippen molar-refractivity contribution in [3.05, 3.63) is 34.6 Å². The van der Waals surface area contributed by atoms with Gasteiger partial charge >= 0.3 is 0 Å². The molecule has 1 saturated heterocycles. The van der Waals surface area contributed by atoms with Gasteiger partial charge in [-0.1, -0.05) is 11.6 Å². The molecule has 0 aromatic heterocycles. The van der Waals surface area contributed by atoms with Crippen molar-refractivity contribution in [2.75, 3.05) is 26.2 Å². The van der Waals surface area contributed by atoms with E-state index in [4.69, 9.17) is 17.3 Å². The number of nitrogens with zero attached hydrogens (tertiary/aromatic N) is 2. The monoisotopic (exact) mass is 349 g/mol. The number of carbonyl (C=O) groups excluding carboxylic acids is 2. The van der Waals surface area contributed by atoms with E-state index in [1.807, 2.05) is 0 Å². The normalized spacial score (nSPS) is 16.0. The van der Waals surface area contributed by atoms with Crippen molar-refractivity contribution in [1.29, 1.82) is 0 Å². The van der Waals surface area contributed by atoms with Crippen molar-refractivity contribution in [2.24, 2.45) is 5.73 Å². The summed E-state index contributed by atoms with van der Waals surface area (Å²) in [5.41, 5.74) is 5.83. The lowest BCUT2D eigenvalue weighted by Crippen LogP contribution is -2.53. The van der Waals surface area contributed by atoms with Crippen LogP contribution in [0.5, 0.6) is 0 Å². The Morgan fingerprint density at radius 3 is 2.27 bits per heavy atom. The largest absolute Gasteiger partial charge is 0.338 e. The summed E-state index contributed by atoms with van der Waals surface area (Å²) in [5.74, 6) is -0.862. The SMILES string of the molecule is C[C@H](N)C(=O)N1CCN(C(=O)c2ccc(F)cc2Cl)CC1.Cl. The van der Waals surface area contributed by atoms with E-state index >= 15 is 0 Å². The number of benzene rings is 1. The molecule has 1 heterocycles. The third-order valence-corrected chi connectivity index (χ3v) is 3.74. The minimum absolute atomic E-state index is 0. The second-order valence-electron chi connectivity index (χ2n) is 5.03. The van der Waals surface area contributed by atoms with Crippen LogP contribution < -0.4 is 5.73 Å². The van der Waals surface area contributed by atoms with Gasteiger partial charge in [-0.15, -0.1) is 12.4 Å². The molecule has 0 aliphatic carbocycles. The van der Waals surface area contributed by atoms with Crippen LogP contribution in [0.15, 0.2) is 18.2 Å². The molecule has 22 heavy (non-hydrogen) atoms. The number of amides is 2. The van der Waals surface area contributed by atoms with Gasteiger partial charge in [0.15, 0.2) is 0 Å². The van der Waals surface area contributed by atoms with E-state index < -0.39 is 11.9 Å². The van der Waals surface area contributed by atoms with Crippen molar-refractivity contribution in [3.63, 3.8) is 0 Å². The van der Waals surface area contributed by atoms with Gasteiger partial charge in [-0.2, -0.15) is 0 Å². The van der Waals surface area contributed by atoms with E-state index in [1.165, 1.54) is 12.1 Å². The number of nitrogens with two attached hydrogens (primary N) is 1. The number of hydrogen-bond donors (Lipinski definition) is 1. The first-order valence-corrected chi connectivity index (χ1v) is 7.06. The van der Waals surface area contributed by atoms with Crippen LogP contribution in [0, 0.1) is 5.82 Å². The van der Waals surface area contributed by atoms with Crippen LogP contribution >= 0.6 is 24.0 Å². The predicted molar refractivity (Wildman–Crippen MR) is 84.8 cm³/mol. The van der Waals surface area contributed by atoms with Gasteiger partial charge in [0, 0.05) is 26.2 Å². The topological polar surface area (TPSA) is 66.6 Å². The highest BCUT2D eigenvalue weighted by molar-refractivity contribution is 6.33. The first-order valence-electron chi connectivity index (χ1n) is 6.69. The Bertz CT molecular complexity index is 561. The van der Waals surface area contributed by atoms with E-state index in [1.54, 1.807) is 16.7 Å². The molecule has 1 aromatic carbocycles. The molecule has 0 unspecified atom stereocenters. The Balaban J connectivity index is 0.00000242. The molecule has 2 N–H and O–H groups in total. The fourth-order valence-electron chi connectivity index (χ4n) is 2.25. The molecular weight excluding hydrogens is 332 g/mol. The highest BCUT2D eigenvalue weighted by atomic mass is 35.5. The van der Waals surface area contributed by atoms with Crippen LogP contribution in [-0.4, -0.2) is 53.8 Å². The van der Waals surface area contributed by atoms with Gasteiger partial charge in [0.05, 0.1) is 16.6 Å². The van der Waals surface area contributed by atoms with Crippen LogP contribution in [0.2, 0.25) is 5.02 Å². The first kappa shape index (κ1) is 18.7. The molecule has 1 aliphatic heterocycles. The van der Waals surface area contributed by atoms with Crippen LogP contribution in [0.3, 0.4) is 0 Å². The van der Waals surface area contributed by atoms with Crippen LogP contribution in [0.1, 0.15) is 17.3 Å². The van der Waals surface area contributed by atoms with Gasteiger partial charge < -0.3 is 15.5 Å². The van der Waals surface area contributed by atoms with Gasteiger partial charge in [0.2, 0.25) is 5.91 Å². The van der Waals surface area contributed by atoms with E-state index in [-0.39, 0.29) is 34.8 Å². The molecule has 122 valence electrons. The van der Waals surface area contributed by atoms with E-state index in [0.29, 0.717) is 26.2 Å². The average Bonchev–Trinajstić information content (AvgIpc) is 2.46. The lowest BCUT2D eigenvalue weighted by atomic mass is 10.1. The molecule has 1 atom stereocenters. The van der Waals surface area contributed by atoms with Gasteiger partial charge in [-0.05, 0) is 25.1 Å². The fourth-order valence-corrected chi connectivity index (χ4v) is 2.50. The molecule has 5 nitrogen and oxygen atoms in total. The molecule has 0 bridgehead atoms. The second kappa shape index (κ2) is 7.76. The van der Waals surface area contributed by atoms with Crippen molar-refractivity contribution in [3.8, 4) is 0 Å². The summed E-state index contributed by atoms with van der Waals surface area (Å²) in [6, 6.07) is 3.15. The summed E-state index contributed by atoms with van der Waals surface area (Å²) < 4.78 is 13.0. The van der Waals surface area contributed by atoms with Gasteiger partial charge in [-0.3, -0.25) is 9.59 Å². The second-order valence-corrected chi connectivity index (χ2v) is 5.44. The molecular formula is C14H18Cl2FN3O2. The van der Waals surface area contributed by atoms with Gasteiger partial charge in [0.1, 0.15) is 5.82 Å². The first-order chi connectivity index (χ1) is 9.90. The Hall–Kier alpha value is -1.37. The highest BCUT2D eigenvalue weighted by Crippen LogP contribution is 2.20. The minimum atomic E-state index is -0.543. The number of carbonyl (C=O) groups is 2. The summed E-state index contributed by atoms with van der Waals surface area (Å²) >= 11 is 5.90. The number of halogens is 3. The molecule has 1 fully saturated rings. The maximum absolute atomic E-state index is 13.0. The zero-order chi connectivity index (χ0) is 15.6. The predicted octanol–water partition coefficient (Wildman–Crippen LogP) is 1.53. The van der Waals surface area contributed by atoms with E-state index in [9.17, 15) is 14.0 Å². The Labute approximate surface area is 139 Å². The third kappa shape index (κ3) is 4.09. The highest BCUT2D eigenvalue weighted by Gasteiger charge is 2.27. The summed E-state index contributed by atoms with van der Waals surface area (Å²) in [7, 11) is 0. The lowest BCUT2D eigenvalue weighted by molar-refractivity contribution is -0.133. The molecule has 2 amide bonds. The molecule has 1 aromatic rings. The van der Waals surface area contributed by atoms with Gasteiger partial charge in [0.25, 0.3) is 5.91 Å². The third-order valence-electron chi connectivity index (χ3n) is 3.43. The van der Waals surface area contributed by atoms with Crippen molar-refractivity contribution in [1.82, 2.24) is 9.80 Å². The lowest BCUT2D eigenvalue weighted by Gasteiger charge is -2.35. The Morgan fingerprint density at radius 2 is 1.77 bits per heavy atom. The smallest absolute Gasteiger partial charge is 0.255 e. The Morgan fingerprint density at radius 1 is 1.23 bits per heavy atom. The molecule has 0 saturated carbocycles. The van der Waals surface area contributed by atoms with Crippen LogP contribution in [0.25, 0.3) is 0 Å². The minimum Gasteiger partial charge on any atom is -0.338 e. The van der Waals surface area contributed by atoms with Crippen molar-refractivity contribution >= 4 is 35.8 Å². The number of piperazine rings is 1. The number of hydrogen-bond acceptors (Lipinski definition) is 3. The van der Waals surface area contributed by atoms with Crippen molar-refractivity contribution < 1.29 is 14.0 Å². The van der Waals surface area contributed by atoms with Gasteiger partial charge in [-0.25, -0.2) is 4.39 Å². The quantitative estimate of drug-likeness (QED) is 0.880. The Kier molecular flexibility index (Phi) is 6.59. The zero-order valence-corrected chi connectivity index (χ0v) is 13.7. The molecule has 0 radical (unpaired) electrons. The fraction of sp³-hybridized carbons (Fsp3) is 0.429. The number of rotatable bonds is 2. The molecule has 0 spiro atoms. The molecule has 2 rings (SSSR count). The van der Waals surface area contributed by atoms with Crippen LogP contribution in [0.4, 0.5) is 4.39 Å². The standard InChI is InChI=1S/C14H17ClFN3O2.ClH/c1-9(17)13(20)18-4-6-19(7-5-18)14(21)11-3-2-10(16)8-12(11)15;/h2-3,8-9H,4-7,17H2,1H3;1H/t9-;/m0./s1. The van der Waals surface area contributed by atoms with Crippen LogP contribution in [-0.2, 0) is 4.79 Å². The maximum atomic E-state index is 13.0. The van der Waals surface area contributed by atoms with E-state index in [2.05, 4.69) is 0 Å². The summed E-state index contributed by atoms with van der Waals surface area (Å²) in [6.07, 6.45) is 0. The average molecular weight is 350 g/mol. The summed E-state index contributed by atoms with van der Waals surface area (Å²) in [4.78, 5) is 27.3. The zero-order valence-electron chi connectivity index (χ0n) is 12.1. The summed E-state index contributed by atoms with van der Waals surface area (Å²) in [5, 5.41) is 0.0917. The molecule has 8 heteroatoms. The van der Waals surface area contributed by atoms with E-state index in [0.717, 1.165) is 6.07 Å². The maximum Gasteiger partial charge on any atom is 0.255 e. The van der Waals surface area contributed by atoms with Crippen molar-refractivity contribution in [2.45, 2.75) is 13.0 Å². The summed E-state index contributed by atoms with van der Waals surface area (Å²) in [6.45, 7) is 3.32.